The van der Waals surface area contributed by atoms with E-state index in [1.165, 1.54) is 83.8 Å². The van der Waals surface area contributed by atoms with Gasteiger partial charge in [-0.1, -0.05) is 57.7 Å². The minimum Gasteiger partial charge on any atom is -0.343 e. The third-order valence-corrected chi connectivity index (χ3v) is 15.6. The Morgan fingerprint density at radius 1 is 0.569 bits per heavy atom. The number of ether oxygens (including phenoxy) is 2. The second-order valence-corrected chi connectivity index (χ2v) is 19.9. The molecule has 0 radical (unpaired) electrons. The number of benzene rings is 4. The van der Waals surface area contributed by atoms with Crippen LogP contribution >= 0.6 is 0 Å². The van der Waals surface area contributed by atoms with Gasteiger partial charge in [-0.3, -0.25) is 9.98 Å². The summed E-state index contributed by atoms with van der Waals surface area (Å²) < 4.78 is 19.6. The maximum absolute atomic E-state index is 7.37. The smallest absolute Gasteiger partial charge is 0.343 e. The molecule has 4 fully saturated rings. The average Bonchev–Trinajstić information content (AvgIpc) is 3.62. The normalized spacial score (nSPS) is 24.1. The van der Waals surface area contributed by atoms with E-state index in [9.17, 15) is 0 Å². The molecule has 2 unspecified atom stereocenters. The molecule has 1 aliphatic carbocycles. The summed E-state index contributed by atoms with van der Waals surface area (Å²) in [5, 5.41) is 0. The van der Waals surface area contributed by atoms with Crippen LogP contribution in [0.25, 0.3) is 22.3 Å². The number of hydrogen-bond acceptors (Lipinski definition) is 8. The predicted octanol–water partition coefficient (Wildman–Crippen LogP) is 8.32. The molecule has 12 rings (SSSR count). The quantitative estimate of drug-likeness (QED) is 0.150. The Hall–Kier alpha value is -5.64. The third kappa shape index (κ3) is 7.30. The Labute approximate surface area is 385 Å². The Morgan fingerprint density at radius 2 is 1.03 bits per heavy atom. The summed E-state index contributed by atoms with van der Waals surface area (Å²) in [6.45, 7) is 15.3. The Bertz CT molecular complexity index is 2450. The molecule has 7 heterocycles. The van der Waals surface area contributed by atoms with Crippen LogP contribution < -0.4 is 9.47 Å². The molecule has 2 atom stereocenters. The van der Waals surface area contributed by atoms with E-state index in [0.29, 0.717) is 12.1 Å². The zero-order chi connectivity index (χ0) is 43.5. The van der Waals surface area contributed by atoms with Crippen molar-refractivity contribution in [2.45, 2.75) is 109 Å². The van der Waals surface area contributed by atoms with E-state index in [4.69, 9.17) is 19.5 Å². The van der Waals surface area contributed by atoms with E-state index < -0.39 is 6.03 Å². The van der Waals surface area contributed by atoms with Crippen molar-refractivity contribution in [3.05, 3.63) is 106 Å². The Balaban J connectivity index is 0.819. The topological polar surface area (TPSA) is 62.2 Å². The summed E-state index contributed by atoms with van der Waals surface area (Å²) >= 11 is 0. The van der Waals surface area contributed by atoms with Crippen LogP contribution in [-0.2, 0) is 12.8 Å². The van der Waals surface area contributed by atoms with Crippen molar-refractivity contribution in [1.29, 1.82) is 0 Å². The van der Waals surface area contributed by atoms with Crippen LogP contribution in [0.15, 0.2) is 82.8 Å². The van der Waals surface area contributed by atoms with Gasteiger partial charge in [-0.25, -0.2) is 0 Å². The number of fused-ring (bicyclic) bond motifs is 7. The fourth-order valence-corrected chi connectivity index (χ4v) is 12.6. The zero-order valence-corrected chi connectivity index (χ0v) is 38.7. The van der Waals surface area contributed by atoms with Crippen molar-refractivity contribution < 1.29 is 18.6 Å². The Kier molecular flexibility index (Phi) is 10.7. The van der Waals surface area contributed by atoms with Crippen LogP contribution in [0.3, 0.4) is 0 Å². The summed E-state index contributed by atoms with van der Waals surface area (Å²) in [6, 6.07) is 27.0. The fourth-order valence-electron chi connectivity index (χ4n) is 12.6. The molecule has 10 heteroatoms. The molecule has 10 nitrogen and oxygen atoms in total. The maximum atomic E-state index is 7.37. The lowest BCUT2D eigenvalue weighted by Gasteiger charge is -2.41. The standard InChI is InChI=1S/C55H66N8O2/c1-39-33-43(47-19-5-3-15-41(47)17-9-25-58-29-13-31-60-27-11-23-56-53(58)60)35-45-37-62-49-21-7-8-22-50(49)63-38-46-36-44(34-40(2)52(46)65-55(62,63)64-51(39)45)48-20-6-4-16-42(48)18-10-26-59-30-14-32-61-28-12-24-57-54(59)61/h3-6,15-16,19-20,33-38,49-50H,7-14,17-18,21-32H2,1-2H3/q+2. The molecule has 336 valence electrons. The highest BCUT2D eigenvalue weighted by Crippen LogP contribution is 2.47. The number of aryl methyl sites for hydroxylation is 4. The van der Waals surface area contributed by atoms with Crippen molar-refractivity contribution in [3.8, 4) is 33.8 Å². The lowest BCUT2D eigenvalue weighted by Crippen LogP contribution is -2.60. The summed E-state index contributed by atoms with van der Waals surface area (Å²) in [4.78, 5) is 19.9. The van der Waals surface area contributed by atoms with Crippen LogP contribution in [0, 0.1) is 13.8 Å². The molecule has 0 amide bonds. The molecule has 4 aromatic carbocycles. The van der Waals surface area contributed by atoms with E-state index in [1.54, 1.807) is 0 Å². The molecule has 65 heavy (non-hydrogen) atoms. The summed E-state index contributed by atoms with van der Waals surface area (Å²) in [5.41, 5.74) is 12.5. The highest BCUT2D eigenvalue weighted by atomic mass is 16.7. The largest absolute Gasteiger partial charge is 0.704 e. The number of rotatable bonds is 10. The van der Waals surface area contributed by atoms with Gasteiger partial charge in [-0.2, -0.15) is 0 Å². The van der Waals surface area contributed by atoms with Gasteiger partial charge in [-0.15, -0.1) is 0 Å². The fraction of sp³-hybridized carbons (Fsp3) is 0.491. The van der Waals surface area contributed by atoms with Gasteiger partial charge in [0.05, 0.1) is 11.1 Å². The minimum absolute atomic E-state index is 0.297. The molecule has 8 aliphatic rings. The van der Waals surface area contributed by atoms with E-state index in [2.05, 4.69) is 128 Å². The maximum Gasteiger partial charge on any atom is 0.704 e. The zero-order valence-electron chi connectivity index (χ0n) is 38.7. The molecular weight excluding hydrogens is 805 g/mol. The molecule has 0 bridgehead atoms. The highest BCUT2D eigenvalue weighted by Gasteiger charge is 2.76. The third-order valence-electron chi connectivity index (χ3n) is 15.6. The van der Waals surface area contributed by atoms with Crippen molar-refractivity contribution in [3.63, 3.8) is 0 Å². The molecule has 1 spiro atoms. The van der Waals surface area contributed by atoms with Crippen LogP contribution in [0.5, 0.6) is 11.5 Å². The van der Waals surface area contributed by atoms with Crippen LogP contribution in [-0.4, -0.2) is 137 Å². The van der Waals surface area contributed by atoms with E-state index in [1.807, 2.05) is 0 Å². The molecule has 3 saturated heterocycles. The minimum atomic E-state index is -1.06. The van der Waals surface area contributed by atoms with Crippen LogP contribution in [0.1, 0.15) is 97.6 Å². The predicted molar refractivity (Wildman–Crippen MR) is 260 cm³/mol. The molecule has 4 aromatic rings. The number of nitrogens with zero attached hydrogens (tertiary/aromatic N) is 8. The van der Waals surface area contributed by atoms with Gasteiger partial charge < -0.3 is 29.1 Å². The average molecular weight is 871 g/mol. The van der Waals surface area contributed by atoms with Gasteiger partial charge >= 0.3 is 6.03 Å². The summed E-state index contributed by atoms with van der Waals surface area (Å²) in [6.07, 6.45) is 18.5. The van der Waals surface area contributed by atoms with Crippen molar-refractivity contribution >= 4 is 24.3 Å². The van der Waals surface area contributed by atoms with Gasteiger partial charge in [0, 0.05) is 78.3 Å². The first kappa shape index (κ1) is 40.8. The van der Waals surface area contributed by atoms with Crippen LogP contribution in [0.2, 0.25) is 0 Å². The Morgan fingerprint density at radius 3 is 1.52 bits per heavy atom. The molecular formula is C55H66N8O2+2. The van der Waals surface area contributed by atoms with E-state index in [0.717, 1.165) is 138 Å². The van der Waals surface area contributed by atoms with Crippen molar-refractivity contribution in [2.24, 2.45) is 9.98 Å². The van der Waals surface area contributed by atoms with Gasteiger partial charge in [0.15, 0.2) is 35.8 Å². The first-order valence-electron chi connectivity index (χ1n) is 25.2. The summed E-state index contributed by atoms with van der Waals surface area (Å²) in [7, 11) is 0. The van der Waals surface area contributed by atoms with Gasteiger partial charge in [0.25, 0.3) is 0 Å². The second-order valence-electron chi connectivity index (χ2n) is 19.9. The summed E-state index contributed by atoms with van der Waals surface area (Å²) in [5.74, 6) is 4.31. The van der Waals surface area contributed by atoms with Gasteiger partial charge in [0.2, 0.25) is 12.1 Å². The molecule has 7 aliphatic heterocycles. The number of aliphatic imine (C=N–C) groups is 2. The van der Waals surface area contributed by atoms with E-state index in [-0.39, 0.29) is 0 Å². The molecule has 0 aromatic heterocycles. The van der Waals surface area contributed by atoms with Gasteiger partial charge in [0.1, 0.15) is 0 Å². The lowest BCUT2D eigenvalue weighted by molar-refractivity contribution is -0.866. The molecule has 1 saturated carbocycles. The number of hydrogen-bond donors (Lipinski definition) is 0. The SMILES string of the molecule is Cc1cc(-c2ccccc2CCCN2CCCN3CCCN=C32)cc2c1OC13Oc4c(C)cc(-c5ccccc5CCCN5CCCN6CCCN=C65)cc4C=[N+]1C1CCCCC1[N+]3=C2. The monoisotopic (exact) mass is 871 g/mol. The number of guanidine groups is 2. The highest BCUT2D eigenvalue weighted by molar-refractivity contribution is 5.88. The van der Waals surface area contributed by atoms with E-state index >= 15 is 0 Å². The lowest BCUT2D eigenvalue weighted by atomic mass is 9.90. The van der Waals surface area contributed by atoms with Crippen molar-refractivity contribution in [1.82, 2.24) is 19.6 Å². The first-order chi connectivity index (χ1) is 32.0. The van der Waals surface area contributed by atoms with Gasteiger partial charge in [-0.05, 0) is 147 Å². The molecule has 0 N–H and O–H groups in total. The second kappa shape index (κ2) is 17.0. The first-order valence-corrected chi connectivity index (χ1v) is 25.2. The van der Waals surface area contributed by atoms with Crippen molar-refractivity contribution in [2.75, 3.05) is 65.4 Å². The van der Waals surface area contributed by atoms with Crippen LogP contribution in [0.4, 0.5) is 0 Å².